The van der Waals surface area contributed by atoms with Gasteiger partial charge < -0.3 is 15.4 Å². The zero-order valence-electron chi connectivity index (χ0n) is 13.6. The van der Waals surface area contributed by atoms with Gasteiger partial charge in [-0.25, -0.2) is 4.39 Å². The van der Waals surface area contributed by atoms with Crippen LogP contribution in [0.1, 0.15) is 18.1 Å². The molecule has 1 aliphatic heterocycles. The van der Waals surface area contributed by atoms with E-state index < -0.39 is 12.0 Å². The van der Waals surface area contributed by atoms with Gasteiger partial charge >= 0.3 is 0 Å². The first-order chi connectivity index (χ1) is 11.6. The van der Waals surface area contributed by atoms with Gasteiger partial charge in [-0.05, 0) is 65.1 Å². The van der Waals surface area contributed by atoms with Crippen molar-refractivity contribution in [1.29, 1.82) is 0 Å². The van der Waals surface area contributed by atoms with Gasteiger partial charge in [0.1, 0.15) is 11.6 Å². The maximum absolute atomic E-state index is 14.6. The van der Waals surface area contributed by atoms with Crippen LogP contribution in [0.5, 0.6) is 5.75 Å². The van der Waals surface area contributed by atoms with Crippen molar-refractivity contribution in [2.45, 2.75) is 26.0 Å². The van der Waals surface area contributed by atoms with E-state index in [-0.39, 0.29) is 23.9 Å². The molecule has 2 aromatic rings. The summed E-state index contributed by atoms with van der Waals surface area (Å²) >= 11 is 3.37. The van der Waals surface area contributed by atoms with Gasteiger partial charge in [-0.1, -0.05) is 18.2 Å². The molecule has 3 rings (SSSR count). The van der Waals surface area contributed by atoms with Gasteiger partial charge in [0.2, 0.25) is 0 Å². The quantitative estimate of drug-likeness (QED) is 0.770. The van der Waals surface area contributed by atoms with E-state index in [1.165, 1.54) is 0 Å². The zero-order valence-corrected chi connectivity index (χ0v) is 16.0. The van der Waals surface area contributed by atoms with Gasteiger partial charge in [0.05, 0.1) is 10.2 Å². The smallest absolute Gasteiger partial charge is 0.265 e. The normalized spacial score (nSPS) is 14.0. The first-order valence-corrected chi connectivity index (χ1v) is 8.58. The minimum atomic E-state index is -0.749. The molecule has 1 heterocycles. The van der Waals surface area contributed by atoms with E-state index in [9.17, 15) is 9.18 Å². The Morgan fingerprint density at radius 1 is 1.32 bits per heavy atom. The van der Waals surface area contributed by atoms with Gasteiger partial charge in [0.15, 0.2) is 6.10 Å². The fraction of sp³-hybridized carbons (Fsp3) is 0.278. The number of amides is 1. The van der Waals surface area contributed by atoms with Crippen molar-refractivity contribution in [3.63, 3.8) is 0 Å². The van der Waals surface area contributed by atoms with E-state index in [0.29, 0.717) is 24.3 Å². The SMILES string of the molecule is CC(Oc1ccccc1Br)C(=O)Nc1ccc2c(c1F)CCNC2.Cl. The lowest BCUT2D eigenvalue weighted by atomic mass is 9.99. The van der Waals surface area contributed by atoms with E-state index in [4.69, 9.17) is 4.74 Å². The number of benzene rings is 2. The number of anilines is 1. The number of halogens is 3. The minimum absolute atomic E-state index is 0. The van der Waals surface area contributed by atoms with Crippen molar-refractivity contribution in [3.05, 3.63) is 57.8 Å². The molecule has 0 saturated carbocycles. The number of hydrogen-bond acceptors (Lipinski definition) is 3. The molecule has 0 radical (unpaired) electrons. The van der Waals surface area contributed by atoms with Crippen LogP contribution < -0.4 is 15.4 Å². The number of rotatable bonds is 4. The maximum atomic E-state index is 14.6. The highest BCUT2D eigenvalue weighted by atomic mass is 79.9. The second kappa shape index (κ2) is 8.65. The van der Waals surface area contributed by atoms with Crippen LogP contribution in [0, 0.1) is 5.82 Å². The van der Waals surface area contributed by atoms with E-state index in [1.54, 1.807) is 19.1 Å². The Kier molecular flexibility index (Phi) is 6.81. The summed E-state index contributed by atoms with van der Waals surface area (Å²) in [7, 11) is 0. The average molecular weight is 430 g/mol. The van der Waals surface area contributed by atoms with Crippen molar-refractivity contribution < 1.29 is 13.9 Å². The molecule has 7 heteroatoms. The molecule has 0 fully saturated rings. The summed E-state index contributed by atoms with van der Waals surface area (Å²) in [6, 6.07) is 10.7. The Balaban J connectivity index is 0.00000225. The van der Waals surface area contributed by atoms with Crippen LogP contribution in [-0.2, 0) is 17.8 Å². The molecule has 2 N–H and O–H groups in total. The lowest BCUT2D eigenvalue weighted by Crippen LogP contribution is -2.31. The summed E-state index contributed by atoms with van der Waals surface area (Å²) in [6.45, 7) is 3.03. The number of hydrogen-bond donors (Lipinski definition) is 2. The molecule has 2 aromatic carbocycles. The maximum Gasteiger partial charge on any atom is 0.265 e. The molecule has 1 unspecified atom stereocenters. The molecule has 1 aliphatic rings. The number of carbonyl (C=O) groups excluding carboxylic acids is 1. The minimum Gasteiger partial charge on any atom is -0.480 e. The molecule has 1 amide bonds. The third-order valence-electron chi connectivity index (χ3n) is 3.97. The Morgan fingerprint density at radius 2 is 2.08 bits per heavy atom. The molecule has 0 saturated heterocycles. The lowest BCUT2D eigenvalue weighted by molar-refractivity contribution is -0.122. The first kappa shape index (κ1) is 19.7. The van der Waals surface area contributed by atoms with Crippen LogP contribution in [0.2, 0.25) is 0 Å². The Hall–Kier alpha value is -1.63. The highest BCUT2D eigenvalue weighted by Gasteiger charge is 2.21. The molecular weight excluding hydrogens is 411 g/mol. The van der Waals surface area contributed by atoms with Crippen molar-refractivity contribution >= 4 is 39.9 Å². The molecule has 4 nitrogen and oxygen atoms in total. The molecule has 0 aliphatic carbocycles. The predicted octanol–water partition coefficient (Wildman–Crippen LogP) is 4.06. The molecule has 1 atom stereocenters. The van der Waals surface area contributed by atoms with Gasteiger partial charge in [0.25, 0.3) is 5.91 Å². The third-order valence-corrected chi connectivity index (χ3v) is 4.63. The van der Waals surface area contributed by atoms with Gasteiger partial charge in [-0.3, -0.25) is 4.79 Å². The first-order valence-electron chi connectivity index (χ1n) is 7.79. The van der Waals surface area contributed by atoms with Crippen LogP contribution in [-0.4, -0.2) is 18.6 Å². The van der Waals surface area contributed by atoms with Crippen molar-refractivity contribution in [3.8, 4) is 5.75 Å². The second-order valence-electron chi connectivity index (χ2n) is 5.67. The van der Waals surface area contributed by atoms with Crippen LogP contribution in [0.25, 0.3) is 0 Å². The Morgan fingerprint density at radius 3 is 2.84 bits per heavy atom. The molecule has 25 heavy (non-hydrogen) atoms. The largest absolute Gasteiger partial charge is 0.480 e. The predicted molar refractivity (Wildman–Crippen MR) is 102 cm³/mol. The number of carbonyl (C=O) groups is 1. The fourth-order valence-electron chi connectivity index (χ4n) is 2.65. The molecular formula is C18H19BrClFN2O2. The second-order valence-corrected chi connectivity index (χ2v) is 6.53. The zero-order chi connectivity index (χ0) is 17.1. The summed E-state index contributed by atoms with van der Waals surface area (Å²) in [5.41, 5.74) is 1.81. The van der Waals surface area contributed by atoms with Crippen LogP contribution in [0.15, 0.2) is 40.9 Å². The molecule has 0 spiro atoms. The summed E-state index contributed by atoms with van der Waals surface area (Å²) in [6.07, 6.45) is -0.130. The number of para-hydroxylation sites is 1. The standard InChI is InChI=1S/C18H18BrFN2O2.ClH/c1-11(24-16-5-3-2-4-14(16)19)18(23)22-15-7-6-12-10-21-9-8-13(12)17(15)20;/h2-7,11,21H,8-10H2,1H3,(H,22,23);1H. The average Bonchev–Trinajstić information content (AvgIpc) is 2.59. The summed E-state index contributed by atoms with van der Waals surface area (Å²) in [5.74, 6) is -0.175. The van der Waals surface area contributed by atoms with E-state index in [0.717, 1.165) is 16.6 Å². The van der Waals surface area contributed by atoms with Crippen molar-refractivity contribution in [1.82, 2.24) is 5.32 Å². The van der Waals surface area contributed by atoms with E-state index >= 15 is 0 Å². The summed E-state index contributed by atoms with van der Waals surface area (Å²) in [5, 5.41) is 5.83. The topological polar surface area (TPSA) is 50.4 Å². The van der Waals surface area contributed by atoms with E-state index in [2.05, 4.69) is 26.6 Å². The lowest BCUT2D eigenvalue weighted by Gasteiger charge is -2.20. The number of ether oxygens (including phenoxy) is 1. The molecule has 0 aromatic heterocycles. The number of nitrogens with one attached hydrogen (secondary N) is 2. The third kappa shape index (κ3) is 4.51. The van der Waals surface area contributed by atoms with Gasteiger partial charge in [-0.15, -0.1) is 12.4 Å². The van der Waals surface area contributed by atoms with Crippen LogP contribution in [0.3, 0.4) is 0 Å². The Bertz CT molecular complexity index is 773. The van der Waals surface area contributed by atoms with Crippen molar-refractivity contribution in [2.24, 2.45) is 0 Å². The Labute approximate surface area is 160 Å². The van der Waals surface area contributed by atoms with Gasteiger partial charge in [0, 0.05) is 6.54 Å². The molecule has 134 valence electrons. The van der Waals surface area contributed by atoms with Gasteiger partial charge in [-0.2, -0.15) is 0 Å². The summed E-state index contributed by atoms with van der Waals surface area (Å²) in [4.78, 5) is 12.3. The van der Waals surface area contributed by atoms with Crippen LogP contribution >= 0.6 is 28.3 Å². The summed E-state index contributed by atoms with van der Waals surface area (Å²) < 4.78 is 21.0. The highest BCUT2D eigenvalue weighted by Crippen LogP contribution is 2.26. The monoisotopic (exact) mass is 428 g/mol. The van der Waals surface area contributed by atoms with Crippen LogP contribution in [0.4, 0.5) is 10.1 Å². The van der Waals surface area contributed by atoms with E-state index in [1.807, 2.05) is 24.3 Å². The van der Waals surface area contributed by atoms with Crippen molar-refractivity contribution in [2.75, 3.05) is 11.9 Å². The highest BCUT2D eigenvalue weighted by molar-refractivity contribution is 9.10. The molecule has 0 bridgehead atoms. The number of fused-ring (bicyclic) bond motifs is 1. The fourth-order valence-corrected chi connectivity index (χ4v) is 3.03.